The van der Waals surface area contributed by atoms with E-state index in [1.54, 1.807) is 0 Å². The summed E-state index contributed by atoms with van der Waals surface area (Å²) >= 11 is 0. The number of rotatable bonds is 5. The van der Waals surface area contributed by atoms with E-state index in [1.165, 1.54) is 38.5 Å². The first-order valence-electron chi connectivity index (χ1n) is 8.21. The topological polar surface area (TPSA) is 66.0 Å². The van der Waals surface area contributed by atoms with Gasteiger partial charge in [-0.05, 0) is 44.9 Å². The molecule has 1 aliphatic carbocycles. The van der Waals surface area contributed by atoms with E-state index in [-0.39, 0.29) is 0 Å². The number of aromatic nitrogens is 3. The van der Waals surface area contributed by atoms with Crippen LogP contribution in [0.5, 0.6) is 0 Å². The van der Waals surface area contributed by atoms with E-state index in [4.69, 9.17) is 0 Å². The number of hydrogen-bond donors (Lipinski definition) is 2. The maximum Gasteiger partial charge on any atom is 0.231 e. The minimum atomic E-state index is 0.431. The van der Waals surface area contributed by atoms with Crippen molar-refractivity contribution in [2.45, 2.75) is 51.5 Å². The molecular formula is C15H26N6. The molecule has 21 heavy (non-hydrogen) atoms. The highest BCUT2D eigenvalue weighted by Gasteiger charge is 2.25. The Hall–Kier alpha value is -1.59. The molecule has 0 aromatic carbocycles. The fraction of sp³-hybridized carbons (Fsp3) is 0.800. The quantitative estimate of drug-likeness (QED) is 0.868. The van der Waals surface area contributed by atoms with Crippen LogP contribution in [0.2, 0.25) is 0 Å². The summed E-state index contributed by atoms with van der Waals surface area (Å²) in [6.07, 6.45) is 7.75. The highest BCUT2D eigenvalue weighted by atomic mass is 15.3. The summed E-state index contributed by atoms with van der Waals surface area (Å²) in [6.45, 7) is 4.32. The van der Waals surface area contributed by atoms with E-state index in [9.17, 15) is 0 Å². The molecule has 1 saturated carbocycles. The van der Waals surface area contributed by atoms with Gasteiger partial charge in [-0.25, -0.2) is 0 Å². The van der Waals surface area contributed by atoms with Gasteiger partial charge in [-0.3, -0.25) is 0 Å². The fourth-order valence-electron chi connectivity index (χ4n) is 3.04. The van der Waals surface area contributed by atoms with Crippen molar-refractivity contribution in [1.82, 2.24) is 15.0 Å². The first-order valence-corrected chi connectivity index (χ1v) is 8.21. The number of hydrogen-bond acceptors (Lipinski definition) is 6. The van der Waals surface area contributed by atoms with Crippen LogP contribution in [0, 0.1) is 5.92 Å². The van der Waals surface area contributed by atoms with Gasteiger partial charge in [0.2, 0.25) is 17.8 Å². The molecule has 6 nitrogen and oxygen atoms in total. The molecule has 1 aromatic heterocycles. The second kappa shape index (κ2) is 6.45. The smallest absolute Gasteiger partial charge is 0.231 e. The lowest BCUT2D eigenvalue weighted by molar-refractivity contribution is 0.284. The van der Waals surface area contributed by atoms with E-state index in [0.29, 0.717) is 17.9 Å². The van der Waals surface area contributed by atoms with Crippen LogP contribution < -0.4 is 15.5 Å². The molecule has 1 unspecified atom stereocenters. The van der Waals surface area contributed by atoms with Gasteiger partial charge in [0.15, 0.2) is 0 Å². The molecule has 0 radical (unpaired) electrons. The predicted octanol–water partition coefficient (Wildman–Crippen LogP) is 2.50. The molecule has 1 aromatic rings. The highest BCUT2D eigenvalue weighted by Crippen LogP contribution is 2.30. The molecule has 2 fully saturated rings. The molecule has 2 N–H and O–H groups in total. The highest BCUT2D eigenvalue weighted by molar-refractivity contribution is 5.44. The molecule has 0 spiro atoms. The summed E-state index contributed by atoms with van der Waals surface area (Å²) < 4.78 is 0. The Morgan fingerprint density at radius 1 is 1.00 bits per heavy atom. The molecule has 2 aliphatic rings. The lowest BCUT2D eigenvalue weighted by Crippen LogP contribution is -2.33. The maximum atomic E-state index is 4.64. The number of nitrogens with zero attached hydrogens (tertiary/aromatic N) is 4. The zero-order chi connectivity index (χ0) is 14.7. The van der Waals surface area contributed by atoms with E-state index in [2.05, 4.69) is 37.4 Å². The average Bonchev–Trinajstić information content (AvgIpc) is 2.46. The van der Waals surface area contributed by atoms with Gasteiger partial charge in [-0.1, -0.05) is 6.42 Å². The Balaban J connectivity index is 1.75. The third-order valence-corrected chi connectivity index (χ3v) is 4.70. The van der Waals surface area contributed by atoms with Crippen molar-refractivity contribution in [3.63, 3.8) is 0 Å². The van der Waals surface area contributed by atoms with Crippen molar-refractivity contribution in [1.29, 1.82) is 0 Å². The van der Waals surface area contributed by atoms with Crippen LogP contribution in [-0.2, 0) is 0 Å². The van der Waals surface area contributed by atoms with E-state index >= 15 is 0 Å². The molecule has 1 aliphatic heterocycles. The monoisotopic (exact) mass is 290 g/mol. The van der Waals surface area contributed by atoms with Crippen molar-refractivity contribution in [2.24, 2.45) is 5.92 Å². The Labute approximate surface area is 126 Å². The number of piperidine rings is 1. The molecule has 1 atom stereocenters. The van der Waals surface area contributed by atoms with Crippen molar-refractivity contribution < 1.29 is 0 Å². The lowest BCUT2D eigenvalue weighted by Gasteiger charge is -2.32. The Morgan fingerprint density at radius 3 is 2.33 bits per heavy atom. The van der Waals surface area contributed by atoms with Gasteiger partial charge in [0.25, 0.3) is 0 Å². The summed E-state index contributed by atoms with van der Waals surface area (Å²) in [4.78, 5) is 15.9. The zero-order valence-corrected chi connectivity index (χ0v) is 13.1. The normalized spacial score (nSPS) is 20.8. The molecular weight excluding hydrogens is 264 g/mol. The standard InChI is InChI=1S/C15H26N6/c1-11(12-7-6-8-12)17-14-18-13(16-2)19-15(20-14)21-9-4-3-5-10-21/h11-12H,3-10H2,1-2H3,(H2,16,17,18,19,20). The predicted molar refractivity (Wildman–Crippen MR) is 85.9 cm³/mol. The number of nitrogens with one attached hydrogen (secondary N) is 2. The summed E-state index contributed by atoms with van der Waals surface area (Å²) in [6, 6.07) is 0.431. The van der Waals surface area contributed by atoms with Gasteiger partial charge in [0, 0.05) is 26.2 Å². The van der Waals surface area contributed by atoms with Crippen molar-refractivity contribution in [2.75, 3.05) is 35.7 Å². The van der Waals surface area contributed by atoms with Crippen LogP contribution in [0.25, 0.3) is 0 Å². The first kappa shape index (κ1) is 14.4. The molecule has 3 rings (SSSR count). The number of anilines is 3. The second-order valence-corrected chi connectivity index (χ2v) is 6.20. The fourth-order valence-corrected chi connectivity index (χ4v) is 3.04. The molecule has 2 heterocycles. The SMILES string of the molecule is CNc1nc(NC(C)C2CCC2)nc(N2CCCCC2)n1. The van der Waals surface area contributed by atoms with Crippen LogP contribution in [0.1, 0.15) is 45.4 Å². The van der Waals surface area contributed by atoms with Crippen molar-refractivity contribution in [3.8, 4) is 0 Å². The summed E-state index contributed by atoms with van der Waals surface area (Å²) in [5.41, 5.74) is 0. The molecule has 0 amide bonds. The largest absolute Gasteiger partial charge is 0.357 e. The lowest BCUT2D eigenvalue weighted by atomic mass is 9.80. The molecule has 6 heteroatoms. The van der Waals surface area contributed by atoms with Gasteiger partial charge in [-0.2, -0.15) is 15.0 Å². The third-order valence-electron chi connectivity index (χ3n) is 4.70. The molecule has 116 valence electrons. The average molecular weight is 290 g/mol. The molecule has 0 bridgehead atoms. The van der Waals surface area contributed by atoms with E-state index in [0.717, 1.165) is 25.0 Å². The van der Waals surface area contributed by atoms with Crippen LogP contribution in [0.4, 0.5) is 17.8 Å². The summed E-state index contributed by atoms with van der Waals surface area (Å²) in [7, 11) is 1.86. The first-order chi connectivity index (χ1) is 10.3. The Bertz CT molecular complexity index is 467. The maximum absolute atomic E-state index is 4.64. The van der Waals surface area contributed by atoms with Crippen molar-refractivity contribution in [3.05, 3.63) is 0 Å². The molecule has 1 saturated heterocycles. The van der Waals surface area contributed by atoms with Gasteiger partial charge in [-0.15, -0.1) is 0 Å². The van der Waals surface area contributed by atoms with Gasteiger partial charge in [0.1, 0.15) is 0 Å². The minimum Gasteiger partial charge on any atom is -0.357 e. The van der Waals surface area contributed by atoms with Crippen LogP contribution in [0.15, 0.2) is 0 Å². The van der Waals surface area contributed by atoms with E-state index in [1.807, 2.05) is 7.05 Å². The van der Waals surface area contributed by atoms with Gasteiger partial charge >= 0.3 is 0 Å². The van der Waals surface area contributed by atoms with Crippen LogP contribution >= 0.6 is 0 Å². The van der Waals surface area contributed by atoms with Gasteiger partial charge in [0.05, 0.1) is 0 Å². The van der Waals surface area contributed by atoms with Crippen LogP contribution in [0.3, 0.4) is 0 Å². The Morgan fingerprint density at radius 2 is 1.71 bits per heavy atom. The summed E-state index contributed by atoms with van der Waals surface area (Å²) in [5, 5.41) is 6.52. The van der Waals surface area contributed by atoms with Gasteiger partial charge < -0.3 is 15.5 Å². The minimum absolute atomic E-state index is 0.431. The van der Waals surface area contributed by atoms with E-state index < -0.39 is 0 Å². The summed E-state index contributed by atoms with van der Waals surface area (Å²) in [5.74, 6) is 2.92. The van der Waals surface area contributed by atoms with Crippen molar-refractivity contribution >= 4 is 17.8 Å². The third kappa shape index (κ3) is 3.36. The second-order valence-electron chi connectivity index (χ2n) is 6.20. The van der Waals surface area contributed by atoms with Crippen LogP contribution in [-0.4, -0.2) is 41.1 Å². The Kier molecular flexibility index (Phi) is 4.41. The zero-order valence-electron chi connectivity index (χ0n) is 13.1.